The second-order valence-corrected chi connectivity index (χ2v) is 7.85. The molecule has 3 rings (SSSR count). The van der Waals surface area contributed by atoms with Crippen molar-refractivity contribution < 1.29 is 9.53 Å². The standard InChI is InChI=1S/C20H28ClN3O2/c1-14(2)24-11-9-17(10-12-24)26-20-22(3)13-18(23(20)4)19(25)15-5-7-16(21)8-6-15/h5-8,13-14,17,20H,9-12H2,1-4H3. The Morgan fingerprint density at radius 2 is 1.77 bits per heavy atom. The fraction of sp³-hybridized carbons (Fsp3) is 0.550. The predicted octanol–water partition coefficient (Wildman–Crippen LogP) is 3.41. The maximum absolute atomic E-state index is 12.8. The minimum Gasteiger partial charge on any atom is -0.337 e. The van der Waals surface area contributed by atoms with E-state index in [1.807, 2.05) is 30.1 Å². The molecule has 0 spiro atoms. The zero-order chi connectivity index (χ0) is 18.8. The molecule has 1 unspecified atom stereocenters. The average Bonchev–Trinajstić information content (AvgIpc) is 2.90. The van der Waals surface area contributed by atoms with Crippen molar-refractivity contribution >= 4 is 17.4 Å². The second-order valence-electron chi connectivity index (χ2n) is 7.42. The van der Waals surface area contributed by atoms with Gasteiger partial charge in [-0.15, -0.1) is 0 Å². The van der Waals surface area contributed by atoms with Gasteiger partial charge >= 0.3 is 0 Å². The van der Waals surface area contributed by atoms with Gasteiger partial charge in [0.25, 0.3) is 0 Å². The van der Waals surface area contributed by atoms with Crippen LogP contribution in [-0.4, -0.2) is 66.2 Å². The molecule has 6 heteroatoms. The summed E-state index contributed by atoms with van der Waals surface area (Å²) in [5, 5.41) is 0.626. The molecular formula is C20H28ClN3O2. The van der Waals surface area contributed by atoms with Crippen molar-refractivity contribution in [3.8, 4) is 0 Å². The van der Waals surface area contributed by atoms with Gasteiger partial charge in [-0.25, -0.2) is 0 Å². The minimum atomic E-state index is -0.239. The van der Waals surface area contributed by atoms with Crippen molar-refractivity contribution in [3.05, 3.63) is 46.7 Å². The van der Waals surface area contributed by atoms with Crippen LogP contribution in [0.1, 0.15) is 37.0 Å². The van der Waals surface area contributed by atoms with E-state index in [1.165, 1.54) is 0 Å². The van der Waals surface area contributed by atoms with Crippen LogP contribution in [0.2, 0.25) is 5.02 Å². The summed E-state index contributed by atoms with van der Waals surface area (Å²) in [6, 6.07) is 7.58. The highest BCUT2D eigenvalue weighted by atomic mass is 35.5. The number of carbonyl (C=O) groups excluding carboxylic acids is 1. The molecule has 0 aliphatic carbocycles. The molecule has 2 aliphatic rings. The first-order chi connectivity index (χ1) is 12.4. The van der Waals surface area contributed by atoms with Crippen LogP contribution in [0.4, 0.5) is 0 Å². The normalized spacial score (nSPS) is 22.2. The Morgan fingerprint density at radius 3 is 2.35 bits per heavy atom. The SMILES string of the molecule is CC(C)N1CCC(OC2N(C)C=C(C(=O)c3ccc(Cl)cc3)N2C)CC1. The van der Waals surface area contributed by atoms with Crippen molar-refractivity contribution in [2.45, 2.75) is 45.2 Å². The van der Waals surface area contributed by atoms with Crippen LogP contribution in [-0.2, 0) is 4.74 Å². The van der Waals surface area contributed by atoms with Crippen LogP contribution in [0.25, 0.3) is 0 Å². The Bertz CT molecular complexity index is 666. The van der Waals surface area contributed by atoms with E-state index in [-0.39, 0.29) is 18.2 Å². The zero-order valence-corrected chi connectivity index (χ0v) is 16.7. The third-order valence-corrected chi connectivity index (χ3v) is 5.50. The Labute approximate surface area is 161 Å². The van der Waals surface area contributed by atoms with Gasteiger partial charge in [0.15, 0.2) is 0 Å². The molecule has 5 nitrogen and oxygen atoms in total. The van der Waals surface area contributed by atoms with Crippen LogP contribution < -0.4 is 0 Å². The highest BCUT2D eigenvalue weighted by molar-refractivity contribution is 6.30. The van der Waals surface area contributed by atoms with Crippen molar-refractivity contribution in [1.29, 1.82) is 0 Å². The summed E-state index contributed by atoms with van der Waals surface area (Å²) in [6.07, 6.45) is 3.90. The van der Waals surface area contributed by atoms with Crippen molar-refractivity contribution in [1.82, 2.24) is 14.7 Å². The topological polar surface area (TPSA) is 36.0 Å². The number of allylic oxidation sites excluding steroid dienone is 1. The van der Waals surface area contributed by atoms with Crippen LogP contribution in [0.3, 0.4) is 0 Å². The Morgan fingerprint density at radius 1 is 1.15 bits per heavy atom. The molecule has 1 atom stereocenters. The number of benzene rings is 1. The maximum atomic E-state index is 12.8. The fourth-order valence-electron chi connectivity index (χ4n) is 3.60. The van der Waals surface area contributed by atoms with E-state index in [0.29, 0.717) is 22.3 Å². The number of carbonyl (C=O) groups is 1. The molecule has 0 saturated carbocycles. The summed E-state index contributed by atoms with van der Waals surface area (Å²) in [6.45, 7) is 6.59. The predicted molar refractivity (Wildman–Crippen MR) is 104 cm³/mol. The Kier molecular flexibility index (Phi) is 5.90. The summed E-state index contributed by atoms with van der Waals surface area (Å²) in [7, 11) is 3.86. The summed E-state index contributed by atoms with van der Waals surface area (Å²) in [5.41, 5.74) is 1.27. The first-order valence-corrected chi connectivity index (χ1v) is 9.61. The molecule has 0 N–H and O–H groups in total. The lowest BCUT2D eigenvalue weighted by Crippen LogP contribution is -2.46. The molecule has 0 aromatic heterocycles. The van der Waals surface area contributed by atoms with Crippen molar-refractivity contribution in [3.63, 3.8) is 0 Å². The van der Waals surface area contributed by atoms with Gasteiger partial charge in [0.2, 0.25) is 12.1 Å². The van der Waals surface area contributed by atoms with Crippen LogP contribution in [0.15, 0.2) is 36.2 Å². The van der Waals surface area contributed by atoms with Gasteiger partial charge in [-0.2, -0.15) is 0 Å². The fourth-order valence-corrected chi connectivity index (χ4v) is 3.72. The third-order valence-electron chi connectivity index (χ3n) is 5.25. The van der Waals surface area contributed by atoms with E-state index in [9.17, 15) is 4.79 Å². The average molecular weight is 378 g/mol. The number of Topliss-reactive ketones (excluding diaryl/α,β-unsaturated/α-hetero) is 1. The number of rotatable bonds is 5. The molecule has 0 bridgehead atoms. The molecule has 1 fully saturated rings. The van der Waals surface area contributed by atoms with Gasteiger partial charge in [-0.3, -0.25) is 4.79 Å². The number of piperidine rings is 1. The van der Waals surface area contributed by atoms with Crippen molar-refractivity contribution in [2.75, 3.05) is 27.2 Å². The molecule has 26 heavy (non-hydrogen) atoms. The monoisotopic (exact) mass is 377 g/mol. The maximum Gasteiger partial charge on any atom is 0.210 e. The van der Waals surface area contributed by atoms with E-state index in [1.54, 1.807) is 24.3 Å². The molecule has 1 saturated heterocycles. The number of ether oxygens (including phenoxy) is 1. The zero-order valence-electron chi connectivity index (χ0n) is 16.0. The van der Waals surface area contributed by atoms with Gasteiger partial charge in [0.1, 0.15) is 5.70 Å². The van der Waals surface area contributed by atoms with E-state index in [2.05, 4.69) is 18.7 Å². The van der Waals surface area contributed by atoms with Gasteiger partial charge in [0, 0.05) is 50.0 Å². The van der Waals surface area contributed by atoms with Gasteiger partial charge in [0.05, 0.1) is 6.10 Å². The number of hydrogen-bond acceptors (Lipinski definition) is 5. The first-order valence-electron chi connectivity index (χ1n) is 9.23. The Balaban J connectivity index is 1.62. The second kappa shape index (κ2) is 7.99. The van der Waals surface area contributed by atoms with Crippen LogP contribution in [0.5, 0.6) is 0 Å². The number of likely N-dealkylation sites (tertiary alicyclic amines) is 1. The number of hydrogen-bond donors (Lipinski definition) is 0. The molecule has 0 radical (unpaired) electrons. The van der Waals surface area contributed by atoms with Crippen LogP contribution in [0, 0.1) is 0 Å². The summed E-state index contributed by atoms with van der Waals surface area (Å²) in [4.78, 5) is 19.2. The van der Waals surface area contributed by atoms with E-state index >= 15 is 0 Å². The smallest absolute Gasteiger partial charge is 0.210 e. The quantitative estimate of drug-likeness (QED) is 0.735. The molecule has 1 aromatic carbocycles. The first kappa shape index (κ1) is 19.2. The van der Waals surface area contributed by atoms with Gasteiger partial charge in [-0.05, 0) is 51.0 Å². The van der Waals surface area contributed by atoms with E-state index in [0.717, 1.165) is 25.9 Å². The number of ketones is 1. The molecule has 2 aliphatic heterocycles. The number of likely N-dealkylation sites (N-methyl/N-ethyl adjacent to an activating group) is 1. The molecular weight excluding hydrogens is 350 g/mol. The van der Waals surface area contributed by atoms with Gasteiger partial charge < -0.3 is 19.4 Å². The van der Waals surface area contributed by atoms with Crippen LogP contribution >= 0.6 is 11.6 Å². The molecule has 0 amide bonds. The van der Waals surface area contributed by atoms with Gasteiger partial charge in [-0.1, -0.05) is 11.6 Å². The summed E-state index contributed by atoms with van der Waals surface area (Å²) < 4.78 is 6.34. The number of halogens is 1. The lowest BCUT2D eigenvalue weighted by molar-refractivity contribution is -0.141. The lowest BCUT2D eigenvalue weighted by atomic mass is 10.1. The highest BCUT2D eigenvalue weighted by Crippen LogP contribution is 2.27. The van der Waals surface area contributed by atoms with Crippen molar-refractivity contribution in [2.24, 2.45) is 0 Å². The Hall–Kier alpha value is -1.56. The minimum absolute atomic E-state index is 0.0169. The third kappa shape index (κ3) is 4.05. The highest BCUT2D eigenvalue weighted by Gasteiger charge is 2.34. The number of nitrogens with zero attached hydrogens (tertiary/aromatic N) is 3. The summed E-state index contributed by atoms with van der Waals surface area (Å²) in [5.74, 6) is -0.0169. The van der Waals surface area contributed by atoms with E-state index in [4.69, 9.17) is 16.3 Å². The molecule has 2 heterocycles. The molecule has 142 valence electrons. The summed E-state index contributed by atoms with van der Waals surface area (Å²) >= 11 is 5.92. The van der Waals surface area contributed by atoms with E-state index < -0.39 is 0 Å². The lowest BCUT2D eigenvalue weighted by Gasteiger charge is -2.38. The largest absolute Gasteiger partial charge is 0.337 e. The molecule has 1 aromatic rings.